The Bertz CT molecular complexity index is 951. The van der Waals surface area contributed by atoms with Crippen LogP contribution in [0.5, 0.6) is 5.75 Å². The summed E-state index contributed by atoms with van der Waals surface area (Å²) in [4.78, 5) is 4.03. The van der Waals surface area contributed by atoms with Crippen molar-refractivity contribution >= 4 is 63.9 Å². The quantitative estimate of drug-likeness (QED) is 0.400. The Kier molecular flexibility index (Phi) is 6.84. The lowest BCUT2D eigenvalue weighted by molar-refractivity contribution is 0.140. The van der Waals surface area contributed by atoms with Crippen molar-refractivity contribution in [3.8, 4) is 5.75 Å². The van der Waals surface area contributed by atoms with Crippen molar-refractivity contribution in [3.63, 3.8) is 0 Å². The van der Waals surface area contributed by atoms with Crippen LogP contribution in [0.25, 0.3) is 0 Å². The van der Waals surface area contributed by atoms with Crippen LogP contribution in [0.3, 0.4) is 0 Å². The van der Waals surface area contributed by atoms with Crippen molar-refractivity contribution < 1.29 is 9.47 Å². The molecule has 1 heterocycles. The van der Waals surface area contributed by atoms with Gasteiger partial charge in [0, 0.05) is 45.2 Å². The first-order valence-electron chi connectivity index (χ1n) is 7.66. The van der Waals surface area contributed by atoms with Gasteiger partial charge in [0.05, 0.1) is 17.9 Å². The Morgan fingerprint density at radius 3 is 2.37 bits per heavy atom. The van der Waals surface area contributed by atoms with E-state index < -0.39 is 6.10 Å². The van der Waals surface area contributed by atoms with Crippen molar-refractivity contribution in [1.29, 1.82) is 0 Å². The maximum absolute atomic E-state index is 6.34. The van der Waals surface area contributed by atoms with Crippen LogP contribution in [0.2, 0.25) is 20.1 Å². The fourth-order valence-corrected chi connectivity index (χ4v) is 3.52. The van der Waals surface area contributed by atoms with E-state index >= 15 is 0 Å². The first-order chi connectivity index (χ1) is 12.9. The first-order valence-corrected chi connectivity index (χ1v) is 9.58. The Hall–Kier alpha value is -1.50. The lowest BCUT2D eigenvalue weighted by Crippen LogP contribution is -2.19. The number of aromatic nitrogens is 2. The highest BCUT2D eigenvalue weighted by atomic mass is 35.5. The van der Waals surface area contributed by atoms with E-state index in [1.54, 1.807) is 55.1 Å². The minimum Gasteiger partial charge on any atom is -0.446 e. The third-order valence-electron chi connectivity index (χ3n) is 3.57. The van der Waals surface area contributed by atoms with Gasteiger partial charge < -0.3 is 14.0 Å². The normalized spacial score (nSPS) is 11.9. The third-order valence-corrected chi connectivity index (χ3v) is 4.84. The van der Waals surface area contributed by atoms with Gasteiger partial charge >= 0.3 is 5.24 Å². The van der Waals surface area contributed by atoms with Crippen LogP contribution >= 0.6 is 58.6 Å². The second kappa shape index (κ2) is 9.13. The van der Waals surface area contributed by atoms with Gasteiger partial charge in [-0.3, -0.25) is 0 Å². The van der Waals surface area contributed by atoms with Crippen LogP contribution in [0.4, 0.5) is 0 Å². The Labute approximate surface area is 181 Å². The molecule has 0 radical (unpaired) electrons. The van der Waals surface area contributed by atoms with Crippen LogP contribution in [0.15, 0.2) is 55.1 Å². The summed E-state index contributed by atoms with van der Waals surface area (Å²) < 4.78 is 13.3. The Morgan fingerprint density at radius 1 is 1.04 bits per heavy atom. The molecule has 27 heavy (non-hydrogen) atoms. The van der Waals surface area contributed by atoms with E-state index in [0.29, 0.717) is 37.9 Å². The Morgan fingerprint density at radius 2 is 1.74 bits per heavy atom. The van der Waals surface area contributed by atoms with E-state index in [0.717, 1.165) is 0 Å². The summed E-state index contributed by atoms with van der Waals surface area (Å²) in [5.41, 5.74) is 0.711. The van der Waals surface area contributed by atoms with Gasteiger partial charge in [-0.2, -0.15) is 0 Å². The van der Waals surface area contributed by atoms with Crippen LogP contribution in [0.1, 0.15) is 11.7 Å². The highest BCUT2D eigenvalue weighted by Gasteiger charge is 2.20. The van der Waals surface area contributed by atoms with Gasteiger partial charge in [-0.05, 0) is 30.3 Å². The molecule has 0 aliphatic rings. The predicted octanol–water partition coefficient (Wildman–Crippen LogP) is 6.62. The van der Waals surface area contributed by atoms with E-state index in [9.17, 15) is 0 Å². The van der Waals surface area contributed by atoms with Gasteiger partial charge in [0.1, 0.15) is 6.10 Å². The molecule has 9 heteroatoms. The number of hydrogen-bond donors (Lipinski definition) is 0. The van der Waals surface area contributed by atoms with E-state index in [4.69, 9.17) is 68.1 Å². The van der Waals surface area contributed by atoms with Crippen molar-refractivity contribution in [1.82, 2.24) is 9.55 Å². The molecule has 1 atom stereocenters. The highest BCUT2D eigenvalue weighted by Crippen LogP contribution is 2.32. The summed E-state index contributed by atoms with van der Waals surface area (Å²) in [6.45, 7) is 0.416. The molecule has 2 aromatic carbocycles. The summed E-state index contributed by atoms with van der Waals surface area (Å²) in [5, 5.41) is 1.70. The van der Waals surface area contributed by atoms with Crippen molar-refractivity contribution in [2.45, 2.75) is 12.6 Å². The van der Waals surface area contributed by atoms with Gasteiger partial charge in [-0.15, -0.1) is 0 Å². The van der Waals surface area contributed by atoms with Crippen LogP contribution in [0, 0.1) is 0 Å². The lowest BCUT2D eigenvalue weighted by atomic mass is 10.1. The van der Waals surface area contributed by atoms with E-state index in [1.165, 1.54) is 0 Å². The number of hydrogen-bond acceptors (Lipinski definition) is 4. The smallest absolute Gasteiger partial charge is 0.358 e. The molecule has 3 rings (SSSR count). The molecular weight excluding hydrogens is 450 g/mol. The second-order valence-corrected chi connectivity index (χ2v) is 7.48. The molecule has 0 saturated carbocycles. The van der Waals surface area contributed by atoms with Crippen molar-refractivity contribution in [3.05, 3.63) is 80.8 Å². The van der Waals surface area contributed by atoms with Crippen LogP contribution in [-0.2, 0) is 11.3 Å². The Balaban J connectivity index is 1.81. The van der Waals surface area contributed by atoms with Gasteiger partial charge in [-0.1, -0.05) is 52.5 Å². The zero-order valence-corrected chi connectivity index (χ0v) is 17.5. The van der Waals surface area contributed by atoms with Gasteiger partial charge in [0.25, 0.3) is 0 Å². The third kappa shape index (κ3) is 5.50. The second-order valence-electron chi connectivity index (χ2n) is 5.46. The summed E-state index contributed by atoms with van der Waals surface area (Å²) in [5.74, 6) is 0.342. The average molecular weight is 462 g/mol. The molecular formula is C18H12Cl4N2O2S. The van der Waals surface area contributed by atoms with Gasteiger partial charge in [0.15, 0.2) is 5.75 Å². The summed E-state index contributed by atoms with van der Waals surface area (Å²) in [6, 6.07) is 9.96. The predicted molar refractivity (Wildman–Crippen MR) is 112 cm³/mol. The molecule has 0 saturated heterocycles. The lowest BCUT2D eigenvalue weighted by Gasteiger charge is -2.21. The average Bonchev–Trinajstić information content (AvgIpc) is 3.10. The SMILES string of the molecule is S=C(Oc1ccc(Cl)cc1Cl)OC(Cn1ccnc1)c1ccc(Cl)cc1Cl. The number of ether oxygens (including phenoxy) is 2. The molecule has 0 aliphatic heterocycles. The maximum atomic E-state index is 6.34. The fraction of sp³-hybridized carbons (Fsp3) is 0.111. The molecule has 0 N–H and O–H groups in total. The largest absolute Gasteiger partial charge is 0.446 e. The van der Waals surface area contributed by atoms with Crippen LogP contribution in [-0.4, -0.2) is 14.8 Å². The maximum Gasteiger partial charge on any atom is 0.358 e. The molecule has 1 aromatic heterocycles. The number of halogens is 4. The molecule has 0 amide bonds. The monoisotopic (exact) mass is 460 g/mol. The zero-order chi connectivity index (χ0) is 19.4. The molecule has 1 unspecified atom stereocenters. The molecule has 0 fully saturated rings. The van der Waals surface area contributed by atoms with Crippen molar-refractivity contribution in [2.75, 3.05) is 0 Å². The van der Waals surface area contributed by atoms with Gasteiger partial charge in [-0.25, -0.2) is 4.98 Å². The first kappa shape index (κ1) is 20.2. The highest BCUT2D eigenvalue weighted by molar-refractivity contribution is 7.79. The van der Waals surface area contributed by atoms with E-state index in [1.807, 2.05) is 4.57 Å². The summed E-state index contributed by atoms with van der Waals surface area (Å²) >= 11 is 29.6. The number of rotatable bonds is 5. The summed E-state index contributed by atoms with van der Waals surface area (Å²) in [7, 11) is 0. The topological polar surface area (TPSA) is 36.3 Å². The molecule has 0 aliphatic carbocycles. The molecule has 3 aromatic rings. The van der Waals surface area contributed by atoms with Crippen molar-refractivity contribution in [2.24, 2.45) is 0 Å². The molecule has 0 bridgehead atoms. The number of thiocarbonyl (C=S) groups is 1. The minimum absolute atomic E-state index is 0.102. The fourth-order valence-electron chi connectivity index (χ4n) is 2.34. The number of nitrogens with zero attached hydrogens (tertiary/aromatic N) is 2. The number of imidazole rings is 1. The number of benzene rings is 2. The van der Waals surface area contributed by atoms with Crippen LogP contribution < -0.4 is 4.74 Å². The zero-order valence-electron chi connectivity index (χ0n) is 13.6. The van der Waals surface area contributed by atoms with E-state index in [-0.39, 0.29) is 5.24 Å². The standard InChI is InChI=1S/C18H12Cl4N2O2S/c19-11-1-3-13(14(21)7-11)17(9-24-6-5-23-10-24)26-18(27)25-16-4-2-12(20)8-15(16)22/h1-8,10,17H,9H2. The molecule has 4 nitrogen and oxygen atoms in total. The minimum atomic E-state index is -0.525. The summed E-state index contributed by atoms with van der Waals surface area (Å²) in [6.07, 6.45) is 4.62. The van der Waals surface area contributed by atoms with E-state index in [2.05, 4.69) is 4.98 Å². The molecule has 0 spiro atoms. The molecule has 140 valence electrons. The van der Waals surface area contributed by atoms with Gasteiger partial charge in [0.2, 0.25) is 0 Å².